The third kappa shape index (κ3) is 7.01. The van der Waals surface area contributed by atoms with E-state index in [0.29, 0.717) is 13.1 Å². The van der Waals surface area contributed by atoms with Crippen molar-refractivity contribution < 1.29 is 4.79 Å². The summed E-state index contributed by atoms with van der Waals surface area (Å²) >= 11 is 0. The van der Waals surface area contributed by atoms with Crippen LogP contribution in [-0.4, -0.2) is 36.0 Å². The summed E-state index contributed by atoms with van der Waals surface area (Å²) in [5.74, 6) is -0.0313. The monoisotopic (exact) mass is 374 g/mol. The van der Waals surface area contributed by atoms with Gasteiger partial charge in [0, 0.05) is 26.1 Å². The van der Waals surface area contributed by atoms with Crippen molar-refractivity contribution in [2.24, 2.45) is 0 Å². The van der Waals surface area contributed by atoms with Crippen molar-refractivity contribution in [3.05, 3.63) is 103 Å². The van der Waals surface area contributed by atoms with Crippen LogP contribution < -0.4 is 5.32 Å². The molecule has 0 bridgehead atoms. The van der Waals surface area contributed by atoms with Gasteiger partial charge in [0.2, 0.25) is 5.91 Å². The first-order valence-corrected chi connectivity index (χ1v) is 9.64. The Morgan fingerprint density at radius 3 is 2.11 bits per heavy atom. The lowest BCUT2D eigenvalue weighted by Gasteiger charge is -2.34. The van der Waals surface area contributed by atoms with Gasteiger partial charge in [-0.15, -0.1) is 13.2 Å². The van der Waals surface area contributed by atoms with Crippen LogP contribution in [0.3, 0.4) is 0 Å². The average Bonchev–Trinajstić information content (AvgIpc) is 2.69. The molecule has 0 aromatic heterocycles. The fraction of sp³-hybridized carbons (Fsp3) is 0.240. The highest BCUT2D eigenvalue weighted by molar-refractivity contribution is 5.73. The van der Waals surface area contributed by atoms with Crippen molar-refractivity contribution >= 4 is 12.0 Å². The highest BCUT2D eigenvalue weighted by atomic mass is 16.1. The Bertz CT molecular complexity index is 758. The standard InChI is InChI=1S/C25H30N2O/c1-4-18-27(19-5-2)25(17-16-22-12-8-6-9-13-22)24(26-21(3)28)20-23-14-10-7-11-15-23/h4-17,24-25H,1-2,18-20H2,3H3,(H,26,28)/b17-16+/t24-,25+/m0/s1. The average molecular weight is 375 g/mol. The van der Waals surface area contributed by atoms with Crippen LogP contribution in [0.4, 0.5) is 0 Å². The molecule has 0 aliphatic carbocycles. The van der Waals surface area contributed by atoms with Gasteiger partial charge in [0.1, 0.15) is 0 Å². The van der Waals surface area contributed by atoms with Gasteiger partial charge < -0.3 is 5.32 Å². The summed E-state index contributed by atoms with van der Waals surface area (Å²) < 4.78 is 0. The van der Waals surface area contributed by atoms with E-state index in [4.69, 9.17) is 0 Å². The molecule has 0 radical (unpaired) electrons. The first-order valence-electron chi connectivity index (χ1n) is 9.64. The third-order valence-electron chi connectivity index (χ3n) is 4.53. The van der Waals surface area contributed by atoms with E-state index < -0.39 is 0 Å². The van der Waals surface area contributed by atoms with Crippen LogP contribution in [-0.2, 0) is 11.2 Å². The zero-order valence-electron chi connectivity index (χ0n) is 16.6. The van der Waals surface area contributed by atoms with Crippen LogP contribution in [0.15, 0.2) is 92.0 Å². The van der Waals surface area contributed by atoms with Crippen molar-refractivity contribution in [2.75, 3.05) is 13.1 Å². The van der Waals surface area contributed by atoms with Crippen molar-refractivity contribution in [3.8, 4) is 0 Å². The van der Waals surface area contributed by atoms with Gasteiger partial charge in [0.25, 0.3) is 0 Å². The Labute approximate surface area is 169 Å². The molecule has 0 fully saturated rings. The van der Waals surface area contributed by atoms with Crippen LogP contribution >= 0.6 is 0 Å². The molecular weight excluding hydrogens is 344 g/mol. The summed E-state index contributed by atoms with van der Waals surface area (Å²) in [6.45, 7) is 10.8. The smallest absolute Gasteiger partial charge is 0.217 e. The fourth-order valence-electron chi connectivity index (χ4n) is 3.32. The number of amides is 1. The van der Waals surface area contributed by atoms with Crippen molar-refractivity contribution in [1.29, 1.82) is 0 Å². The van der Waals surface area contributed by atoms with E-state index in [2.05, 4.69) is 59.8 Å². The van der Waals surface area contributed by atoms with Crippen LogP contribution in [0.2, 0.25) is 0 Å². The molecule has 28 heavy (non-hydrogen) atoms. The van der Waals surface area contributed by atoms with E-state index in [1.54, 1.807) is 6.92 Å². The molecule has 3 nitrogen and oxygen atoms in total. The molecular formula is C25H30N2O. The summed E-state index contributed by atoms with van der Waals surface area (Å²) in [6.07, 6.45) is 8.81. The lowest BCUT2D eigenvalue weighted by Crippen LogP contribution is -2.51. The number of benzene rings is 2. The second-order valence-electron chi connectivity index (χ2n) is 6.79. The van der Waals surface area contributed by atoms with E-state index in [9.17, 15) is 4.79 Å². The first-order chi connectivity index (χ1) is 13.6. The minimum Gasteiger partial charge on any atom is -0.351 e. The van der Waals surface area contributed by atoms with Crippen LogP contribution in [0.5, 0.6) is 0 Å². The molecule has 2 aromatic carbocycles. The molecule has 0 spiro atoms. The Morgan fingerprint density at radius 1 is 1.00 bits per heavy atom. The van der Waals surface area contributed by atoms with E-state index in [-0.39, 0.29) is 18.0 Å². The molecule has 0 saturated carbocycles. The maximum absolute atomic E-state index is 12.0. The first kappa shape index (κ1) is 21.4. The third-order valence-corrected chi connectivity index (χ3v) is 4.53. The zero-order chi connectivity index (χ0) is 20.2. The topological polar surface area (TPSA) is 32.3 Å². The molecule has 146 valence electrons. The van der Waals surface area contributed by atoms with Gasteiger partial charge in [-0.25, -0.2) is 0 Å². The molecule has 2 atom stereocenters. The lowest BCUT2D eigenvalue weighted by molar-refractivity contribution is -0.120. The number of hydrogen-bond donors (Lipinski definition) is 1. The van der Waals surface area contributed by atoms with Crippen molar-refractivity contribution in [1.82, 2.24) is 10.2 Å². The number of nitrogens with zero attached hydrogens (tertiary/aromatic N) is 1. The number of rotatable bonds is 11. The van der Waals surface area contributed by atoms with Gasteiger partial charge in [0.15, 0.2) is 0 Å². The van der Waals surface area contributed by atoms with Gasteiger partial charge in [0.05, 0.1) is 6.04 Å². The van der Waals surface area contributed by atoms with Crippen molar-refractivity contribution in [2.45, 2.75) is 25.4 Å². The maximum atomic E-state index is 12.0. The van der Waals surface area contributed by atoms with Gasteiger partial charge in [-0.1, -0.05) is 85.0 Å². The highest BCUT2D eigenvalue weighted by Gasteiger charge is 2.25. The summed E-state index contributed by atoms with van der Waals surface area (Å²) in [4.78, 5) is 14.2. The predicted molar refractivity (Wildman–Crippen MR) is 119 cm³/mol. The molecule has 2 rings (SSSR count). The number of carbonyl (C=O) groups excluding carboxylic acids is 1. The number of carbonyl (C=O) groups is 1. The molecule has 3 heteroatoms. The van der Waals surface area contributed by atoms with E-state index >= 15 is 0 Å². The minimum absolute atomic E-state index is 0.000289. The Hall–Kier alpha value is -2.91. The van der Waals surface area contributed by atoms with Crippen LogP contribution in [0.1, 0.15) is 18.1 Å². The van der Waals surface area contributed by atoms with Crippen molar-refractivity contribution in [3.63, 3.8) is 0 Å². The molecule has 0 saturated heterocycles. The second kappa shape index (κ2) is 11.7. The predicted octanol–water partition coefficient (Wildman–Crippen LogP) is 4.49. The molecule has 1 amide bonds. The van der Waals surface area contributed by atoms with Gasteiger partial charge in [-0.3, -0.25) is 9.69 Å². The number of hydrogen-bond acceptors (Lipinski definition) is 2. The Morgan fingerprint density at radius 2 is 1.57 bits per heavy atom. The van der Waals surface area contributed by atoms with Crippen LogP contribution in [0.25, 0.3) is 6.08 Å². The normalized spacial score (nSPS) is 13.2. The largest absolute Gasteiger partial charge is 0.351 e. The van der Waals surface area contributed by atoms with E-state index in [0.717, 1.165) is 12.0 Å². The van der Waals surface area contributed by atoms with Gasteiger partial charge in [-0.2, -0.15) is 0 Å². The molecule has 2 aromatic rings. The maximum Gasteiger partial charge on any atom is 0.217 e. The minimum atomic E-state index is -0.0697. The van der Waals surface area contributed by atoms with E-state index in [1.165, 1.54) is 5.56 Å². The molecule has 1 N–H and O–H groups in total. The summed E-state index contributed by atoms with van der Waals surface area (Å²) in [5, 5.41) is 3.16. The van der Waals surface area contributed by atoms with Gasteiger partial charge >= 0.3 is 0 Å². The fourth-order valence-corrected chi connectivity index (χ4v) is 3.32. The van der Waals surface area contributed by atoms with Gasteiger partial charge in [-0.05, 0) is 17.5 Å². The van der Waals surface area contributed by atoms with Crippen LogP contribution in [0, 0.1) is 0 Å². The molecule has 0 heterocycles. The SMILES string of the molecule is C=CCN(CC=C)[C@H](/C=C/c1ccccc1)[C@H](Cc1ccccc1)NC(C)=O. The second-order valence-corrected chi connectivity index (χ2v) is 6.79. The van der Waals surface area contributed by atoms with E-state index in [1.807, 2.05) is 48.6 Å². The Kier molecular flexibility index (Phi) is 8.96. The summed E-state index contributed by atoms with van der Waals surface area (Å²) in [6, 6.07) is 20.4. The summed E-state index contributed by atoms with van der Waals surface area (Å²) in [7, 11) is 0. The lowest BCUT2D eigenvalue weighted by atomic mass is 9.96. The zero-order valence-corrected chi connectivity index (χ0v) is 16.6. The molecule has 0 aliphatic rings. The summed E-state index contributed by atoms with van der Waals surface area (Å²) in [5.41, 5.74) is 2.32. The highest BCUT2D eigenvalue weighted by Crippen LogP contribution is 2.15. The molecule has 0 aliphatic heterocycles. The number of nitrogens with one attached hydrogen (secondary N) is 1. The molecule has 0 unspecified atom stereocenters. The quantitative estimate of drug-likeness (QED) is 0.588. The Balaban J connectivity index is 2.37.